The van der Waals surface area contributed by atoms with Crippen molar-refractivity contribution in [3.8, 4) is 0 Å². The van der Waals surface area contributed by atoms with Crippen molar-refractivity contribution in [1.82, 2.24) is 0 Å². The molecule has 4 atom stereocenters. The Morgan fingerprint density at radius 3 is 2.69 bits per heavy atom. The monoisotopic (exact) mass is 184 g/mol. The van der Waals surface area contributed by atoms with Crippen LogP contribution in [-0.4, -0.2) is 22.4 Å². The Morgan fingerprint density at radius 1 is 1.31 bits per heavy atom. The van der Waals surface area contributed by atoms with Crippen LogP contribution in [0, 0.1) is 17.8 Å². The van der Waals surface area contributed by atoms with Crippen LogP contribution in [0.1, 0.15) is 39.0 Å². The summed E-state index contributed by atoms with van der Waals surface area (Å²) in [5.41, 5.74) is -0.603. The molecule has 0 spiro atoms. The van der Waals surface area contributed by atoms with Gasteiger partial charge in [0.1, 0.15) is 0 Å². The first-order chi connectivity index (χ1) is 6.15. The third-order valence-corrected chi connectivity index (χ3v) is 4.16. The molecule has 2 fully saturated rings. The molecule has 0 radical (unpaired) electrons. The highest BCUT2D eigenvalue weighted by atomic mass is 16.3. The molecule has 2 aliphatic carbocycles. The summed E-state index contributed by atoms with van der Waals surface area (Å²) in [6.07, 6.45) is 5.98. The number of hydrogen-bond donors (Lipinski definition) is 2. The first-order valence-corrected chi connectivity index (χ1v) is 5.48. The molecule has 2 rings (SSSR count). The van der Waals surface area contributed by atoms with Gasteiger partial charge in [0, 0.05) is 12.5 Å². The predicted molar refractivity (Wildman–Crippen MR) is 51.3 cm³/mol. The average molecular weight is 184 g/mol. The number of aliphatic hydroxyl groups is 2. The lowest BCUT2D eigenvalue weighted by Crippen LogP contribution is -2.34. The zero-order valence-corrected chi connectivity index (χ0v) is 8.37. The molecule has 0 aliphatic heterocycles. The van der Waals surface area contributed by atoms with Gasteiger partial charge >= 0.3 is 0 Å². The Kier molecular flexibility index (Phi) is 2.37. The van der Waals surface area contributed by atoms with Gasteiger partial charge in [-0.25, -0.2) is 0 Å². The van der Waals surface area contributed by atoms with Gasteiger partial charge in [0.15, 0.2) is 0 Å². The second-order valence-electron chi connectivity index (χ2n) is 5.06. The molecule has 13 heavy (non-hydrogen) atoms. The van der Waals surface area contributed by atoms with Crippen molar-refractivity contribution < 1.29 is 10.2 Å². The van der Waals surface area contributed by atoms with E-state index in [0.29, 0.717) is 11.8 Å². The summed E-state index contributed by atoms with van der Waals surface area (Å²) >= 11 is 0. The minimum atomic E-state index is -0.603. The smallest absolute Gasteiger partial charge is 0.0675 e. The molecule has 0 aromatic carbocycles. The van der Waals surface area contributed by atoms with E-state index in [4.69, 9.17) is 0 Å². The normalized spacial score (nSPS) is 50.5. The van der Waals surface area contributed by atoms with E-state index < -0.39 is 5.60 Å². The molecule has 2 nitrogen and oxygen atoms in total. The standard InChI is InChI=1S/C11H20O2/c1-11(13)6-8-4-2-3-5-9(8)10(11)7-12/h8-10,12-13H,2-7H2,1H3/t8-,9?,10?,11?/m1/s1. The average Bonchev–Trinajstić information content (AvgIpc) is 2.33. The second kappa shape index (κ2) is 3.25. The van der Waals surface area contributed by atoms with E-state index in [1.165, 1.54) is 25.7 Å². The maximum absolute atomic E-state index is 10.1. The van der Waals surface area contributed by atoms with Gasteiger partial charge in [0.2, 0.25) is 0 Å². The molecule has 0 aromatic rings. The molecular weight excluding hydrogens is 164 g/mol. The first kappa shape index (κ1) is 9.47. The van der Waals surface area contributed by atoms with Crippen LogP contribution in [0.3, 0.4) is 0 Å². The van der Waals surface area contributed by atoms with E-state index in [0.717, 1.165) is 6.42 Å². The Hall–Kier alpha value is -0.0800. The molecule has 3 unspecified atom stereocenters. The highest BCUT2D eigenvalue weighted by Crippen LogP contribution is 2.50. The van der Waals surface area contributed by atoms with Gasteiger partial charge in [-0.05, 0) is 31.6 Å². The van der Waals surface area contributed by atoms with Crippen molar-refractivity contribution in [2.24, 2.45) is 17.8 Å². The first-order valence-electron chi connectivity index (χ1n) is 5.48. The fraction of sp³-hybridized carbons (Fsp3) is 1.00. The summed E-state index contributed by atoms with van der Waals surface area (Å²) in [7, 11) is 0. The highest BCUT2D eigenvalue weighted by molar-refractivity contribution is 4.99. The minimum Gasteiger partial charge on any atom is -0.396 e. The van der Waals surface area contributed by atoms with Crippen LogP contribution in [0.4, 0.5) is 0 Å². The summed E-state index contributed by atoms with van der Waals surface area (Å²) in [5.74, 6) is 1.41. The van der Waals surface area contributed by atoms with Gasteiger partial charge in [-0.15, -0.1) is 0 Å². The molecule has 0 bridgehead atoms. The van der Waals surface area contributed by atoms with Crippen molar-refractivity contribution in [2.75, 3.05) is 6.61 Å². The number of rotatable bonds is 1. The van der Waals surface area contributed by atoms with Crippen molar-refractivity contribution in [3.63, 3.8) is 0 Å². The molecule has 2 N–H and O–H groups in total. The number of fused-ring (bicyclic) bond motifs is 1. The van der Waals surface area contributed by atoms with Crippen LogP contribution in [0.25, 0.3) is 0 Å². The van der Waals surface area contributed by atoms with Gasteiger partial charge in [0.25, 0.3) is 0 Å². The third kappa shape index (κ3) is 1.50. The van der Waals surface area contributed by atoms with Crippen molar-refractivity contribution in [2.45, 2.75) is 44.6 Å². The lowest BCUT2D eigenvalue weighted by Gasteiger charge is -2.30. The zero-order valence-electron chi connectivity index (χ0n) is 8.37. The highest BCUT2D eigenvalue weighted by Gasteiger charge is 2.49. The van der Waals surface area contributed by atoms with Gasteiger partial charge < -0.3 is 10.2 Å². The second-order valence-corrected chi connectivity index (χ2v) is 5.06. The molecule has 76 valence electrons. The van der Waals surface area contributed by atoms with E-state index in [9.17, 15) is 10.2 Å². The van der Waals surface area contributed by atoms with Crippen LogP contribution >= 0.6 is 0 Å². The van der Waals surface area contributed by atoms with Crippen LogP contribution in [0.15, 0.2) is 0 Å². The van der Waals surface area contributed by atoms with E-state index in [1.54, 1.807) is 0 Å². The predicted octanol–water partition coefficient (Wildman–Crippen LogP) is 1.56. The molecule has 0 heterocycles. The Bertz CT molecular complexity index is 189. The molecule has 2 heteroatoms. The summed E-state index contributed by atoms with van der Waals surface area (Å²) in [6, 6.07) is 0. The van der Waals surface area contributed by atoms with Crippen LogP contribution in [0.5, 0.6) is 0 Å². The van der Waals surface area contributed by atoms with E-state index in [-0.39, 0.29) is 12.5 Å². The van der Waals surface area contributed by atoms with Gasteiger partial charge in [-0.3, -0.25) is 0 Å². The maximum Gasteiger partial charge on any atom is 0.0675 e. The summed E-state index contributed by atoms with van der Waals surface area (Å²) in [6.45, 7) is 2.06. The maximum atomic E-state index is 10.1. The van der Waals surface area contributed by atoms with Gasteiger partial charge in [0.05, 0.1) is 5.60 Å². The molecule has 0 aromatic heterocycles. The van der Waals surface area contributed by atoms with E-state index in [2.05, 4.69) is 0 Å². The third-order valence-electron chi connectivity index (χ3n) is 4.16. The van der Waals surface area contributed by atoms with Crippen molar-refractivity contribution in [1.29, 1.82) is 0 Å². The van der Waals surface area contributed by atoms with Crippen LogP contribution in [0.2, 0.25) is 0 Å². The molecule has 2 saturated carbocycles. The Labute approximate surface area is 80.0 Å². The summed E-state index contributed by atoms with van der Waals surface area (Å²) in [4.78, 5) is 0. The molecule has 0 saturated heterocycles. The summed E-state index contributed by atoms with van der Waals surface area (Å²) in [5, 5.41) is 19.4. The van der Waals surface area contributed by atoms with Crippen LogP contribution < -0.4 is 0 Å². The SMILES string of the molecule is CC1(O)C[C@H]2CCCCC2C1CO. The lowest BCUT2D eigenvalue weighted by atomic mass is 9.77. The number of aliphatic hydroxyl groups excluding tert-OH is 1. The quantitative estimate of drug-likeness (QED) is 0.649. The zero-order chi connectivity index (χ0) is 9.47. The van der Waals surface area contributed by atoms with Crippen molar-refractivity contribution in [3.05, 3.63) is 0 Å². The topological polar surface area (TPSA) is 40.5 Å². The molecular formula is C11H20O2. The van der Waals surface area contributed by atoms with Gasteiger partial charge in [-0.2, -0.15) is 0 Å². The van der Waals surface area contributed by atoms with E-state index >= 15 is 0 Å². The van der Waals surface area contributed by atoms with Crippen LogP contribution in [-0.2, 0) is 0 Å². The van der Waals surface area contributed by atoms with E-state index in [1.807, 2.05) is 6.92 Å². The summed E-state index contributed by atoms with van der Waals surface area (Å²) < 4.78 is 0. The van der Waals surface area contributed by atoms with Gasteiger partial charge in [-0.1, -0.05) is 19.3 Å². The fourth-order valence-corrected chi connectivity index (χ4v) is 3.49. The Morgan fingerprint density at radius 2 is 2.00 bits per heavy atom. The molecule has 0 amide bonds. The fourth-order valence-electron chi connectivity index (χ4n) is 3.49. The molecule has 2 aliphatic rings. The minimum absolute atomic E-state index is 0.137. The largest absolute Gasteiger partial charge is 0.396 e. The lowest BCUT2D eigenvalue weighted by molar-refractivity contribution is -0.0157. The van der Waals surface area contributed by atoms with Crippen molar-refractivity contribution >= 4 is 0 Å². The Balaban J connectivity index is 2.14. The number of hydrogen-bond acceptors (Lipinski definition) is 2.